The van der Waals surface area contributed by atoms with E-state index in [9.17, 15) is 4.79 Å². The SMILES string of the molecule is CCOC[C@]1(CCc2nncn2C)CCN(C(=O)c2ccc(C)nc2)C1. The second-order valence-corrected chi connectivity index (χ2v) is 7.16. The number of amides is 1. The number of nitrogens with zero attached hydrogens (tertiary/aromatic N) is 5. The third kappa shape index (κ3) is 4.09. The van der Waals surface area contributed by atoms with Gasteiger partial charge in [0.2, 0.25) is 0 Å². The van der Waals surface area contributed by atoms with Gasteiger partial charge in [0.05, 0.1) is 12.2 Å². The third-order valence-electron chi connectivity index (χ3n) is 5.18. The van der Waals surface area contributed by atoms with Crippen LogP contribution in [0, 0.1) is 12.3 Å². The van der Waals surface area contributed by atoms with Crippen molar-refractivity contribution >= 4 is 5.91 Å². The van der Waals surface area contributed by atoms with Gasteiger partial charge < -0.3 is 14.2 Å². The Kier molecular flexibility index (Phi) is 5.66. The van der Waals surface area contributed by atoms with E-state index in [1.54, 1.807) is 12.5 Å². The predicted molar refractivity (Wildman–Crippen MR) is 97.7 cm³/mol. The molecule has 2 aromatic rings. The summed E-state index contributed by atoms with van der Waals surface area (Å²) in [6.07, 6.45) is 6.09. The highest BCUT2D eigenvalue weighted by Gasteiger charge is 2.40. The molecule has 3 heterocycles. The summed E-state index contributed by atoms with van der Waals surface area (Å²) in [5, 5.41) is 8.13. The van der Waals surface area contributed by atoms with Crippen LogP contribution in [0.3, 0.4) is 0 Å². The summed E-state index contributed by atoms with van der Waals surface area (Å²) < 4.78 is 7.73. The normalized spacial score (nSPS) is 19.9. The second kappa shape index (κ2) is 7.95. The number of aromatic nitrogens is 4. The minimum atomic E-state index is -0.0320. The number of carbonyl (C=O) groups excluding carboxylic acids is 1. The fourth-order valence-electron chi connectivity index (χ4n) is 3.51. The molecule has 7 heteroatoms. The highest BCUT2D eigenvalue weighted by molar-refractivity contribution is 5.94. The molecule has 140 valence electrons. The number of likely N-dealkylation sites (tertiary alicyclic amines) is 1. The van der Waals surface area contributed by atoms with Gasteiger partial charge >= 0.3 is 0 Å². The first kappa shape index (κ1) is 18.5. The van der Waals surface area contributed by atoms with Gasteiger partial charge in [-0.2, -0.15) is 0 Å². The fraction of sp³-hybridized carbons (Fsp3) is 0.579. The van der Waals surface area contributed by atoms with E-state index >= 15 is 0 Å². The molecule has 1 fully saturated rings. The Morgan fingerprint density at radius 3 is 2.88 bits per heavy atom. The molecule has 26 heavy (non-hydrogen) atoms. The lowest BCUT2D eigenvalue weighted by Crippen LogP contribution is -2.35. The van der Waals surface area contributed by atoms with E-state index in [2.05, 4.69) is 15.2 Å². The Balaban J connectivity index is 1.69. The summed E-state index contributed by atoms with van der Waals surface area (Å²) in [6, 6.07) is 3.73. The minimum Gasteiger partial charge on any atom is -0.381 e. The van der Waals surface area contributed by atoms with E-state index in [1.165, 1.54) is 0 Å². The van der Waals surface area contributed by atoms with Crippen LogP contribution in [0.5, 0.6) is 0 Å². The molecule has 0 unspecified atom stereocenters. The molecule has 1 aliphatic rings. The van der Waals surface area contributed by atoms with Gasteiger partial charge in [-0.15, -0.1) is 10.2 Å². The molecule has 1 aliphatic heterocycles. The number of rotatable bonds is 7. The van der Waals surface area contributed by atoms with Crippen molar-refractivity contribution in [2.45, 2.75) is 33.1 Å². The van der Waals surface area contributed by atoms with Crippen molar-refractivity contribution in [2.24, 2.45) is 12.5 Å². The van der Waals surface area contributed by atoms with Crippen LogP contribution in [0.15, 0.2) is 24.7 Å². The molecule has 3 rings (SSSR count). The molecule has 0 saturated carbocycles. The van der Waals surface area contributed by atoms with Gasteiger partial charge in [-0.3, -0.25) is 9.78 Å². The number of aryl methyl sites for hydroxylation is 3. The van der Waals surface area contributed by atoms with Crippen LogP contribution in [0.2, 0.25) is 0 Å². The average Bonchev–Trinajstić information content (AvgIpc) is 3.25. The molecule has 0 bridgehead atoms. The van der Waals surface area contributed by atoms with Crippen LogP contribution >= 0.6 is 0 Å². The number of pyridine rings is 1. The Labute approximate surface area is 154 Å². The topological polar surface area (TPSA) is 73.1 Å². The van der Waals surface area contributed by atoms with E-state index in [0.29, 0.717) is 25.3 Å². The monoisotopic (exact) mass is 357 g/mol. The maximum atomic E-state index is 12.8. The summed E-state index contributed by atoms with van der Waals surface area (Å²) in [6.45, 7) is 6.73. The smallest absolute Gasteiger partial charge is 0.255 e. The number of hydrogen-bond acceptors (Lipinski definition) is 5. The van der Waals surface area contributed by atoms with Crippen LogP contribution in [0.25, 0.3) is 0 Å². The third-order valence-corrected chi connectivity index (χ3v) is 5.18. The summed E-state index contributed by atoms with van der Waals surface area (Å²) in [5.74, 6) is 1.02. The van der Waals surface area contributed by atoms with Crippen LogP contribution in [-0.2, 0) is 18.2 Å². The Bertz CT molecular complexity index is 743. The lowest BCUT2D eigenvalue weighted by molar-refractivity contribution is 0.0462. The highest BCUT2D eigenvalue weighted by atomic mass is 16.5. The van der Waals surface area contributed by atoms with Gasteiger partial charge in [-0.25, -0.2) is 0 Å². The van der Waals surface area contributed by atoms with Crippen LogP contribution in [0.4, 0.5) is 0 Å². The first-order valence-electron chi connectivity index (χ1n) is 9.15. The van der Waals surface area contributed by atoms with Crippen LogP contribution in [-0.4, -0.2) is 56.9 Å². The van der Waals surface area contributed by atoms with E-state index in [1.807, 2.05) is 42.5 Å². The molecule has 1 atom stereocenters. The standard InChI is InChI=1S/C19H27N5O2/c1-4-26-13-19(8-7-17-22-21-14-23(17)3)9-10-24(12-19)18(25)16-6-5-15(2)20-11-16/h5-6,11,14H,4,7-10,12-13H2,1-3H3/t19-/m1/s1. The van der Waals surface area contributed by atoms with Gasteiger partial charge in [0.1, 0.15) is 12.2 Å². The molecule has 0 spiro atoms. The van der Waals surface area contributed by atoms with Gasteiger partial charge in [-0.1, -0.05) is 0 Å². The molecular formula is C19H27N5O2. The largest absolute Gasteiger partial charge is 0.381 e. The molecular weight excluding hydrogens is 330 g/mol. The van der Waals surface area contributed by atoms with Crippen LogP contribution in [0.1, 0.15) is 41.6 Å². The molecule has 0 aromatic carbocycles. The van der Waals surface area contributed by atoms with Gasteiger partial charge in [-0.05, 0) is 38.8 Å². The van der Waals surface area contributed by atoms with E-state index in [-0.39, 0.29) is 11.3 Å². The summed E-state index contributed by atoms with van der Waals surface area (Å²) >= 11 is 0. The molecule has 0 N–H and O–H groups in total. The summed E-state index contributed by atoms with van der Waals surface area (Å²) in [7, 11) is 1.96. The second-order valence-electron chi connectivity index (χ2n) is 7.16. The molecule has 7 nitrogen and oxygen atoms in total. The first-order valence-corrected chi connectivity index (χ1v) is 9.15. The molecule has 2 aromatic heterocycles. The Morgan fingerprint density at radius 1 is 1.38 bits per heavy atom. The van der Waals surface area contributed by atoms with Crippen molar-refractivity contribution in [1.29, 1.82) is 0 Å². The molecule has 0 radical (unpaired) electrons. The molecule has 1 amide bonds. The van der Waals surface area contributed by atoms with E-state index in [0.717, 1.165) is 37.3 Å². The van der Waals surface area contributed by atoms with Crippen molar-refractivity contribution in [1.82, 2.24) is 24.6 Å². The Morgan fingerprint density at radius 2 is 2.23 bits per heavy atom. The van der Waals surface area contributed by atoms with Crippen molar-refractivity contribution in [3.63, 3.8) is 0 Å². The minimum absolute atomic E-state index is 0.0320. The average molecular weight is 357 g/mol. The van der Waals surface area contributed by atoms with Crippen LogP contribution < -0.4 is 0 Å². The van der Waals surface area contributed by atoms with Gasteiger partial charge in [0, 0.05) is 50.5 Å². The first-order chi connectivity index (χ1) is 12.5. The zero-order valence-corrected chi connectivity index (χ0v) is 15.8. The fourth-order valence-corrected chi connectivity index (χ4v) is 3.51. The van der Waals surface area contributed by atoms with E-state index < -0.39 is 0 Å². The van der Waals surface area contributed by atoms with Crippen molar-refractivity contribution < 1.29 is 9.53 Å². The van der Waals surface area contributed by atoms with Gasteiger partial charge in [0.25, 0.3) is 5.91 Å². The molecule has 0 aliphatic carbocycles. The van der Waals surface area contributed by atoms with E-state index in [4.69, 9.17) is 4.74 Å². The van der Waals surface area contributed by atoms with Crippen molar-refractivity contribution in [3.05, 3.63) is 41.7 Å². The lowest BCUT2D eigenvalue weighted by atomic mass is 9.83. The van der Waals surface area contributed by atoms with Gasteiger partial charge in [0.15, 0.2) is 0 Å². The number of ether oxygens (including phenoxy) is 1. The zero-order chi connectivity index (χ0) is 18.6. The van der Waals surface area contributed by atoms with Crippen molar-refractivity contribution in [2.75, 3.05) is 26.3 Å². The number of hydrogen-bond donors (Lipinski definition) is 0. The lowest BCUT2D eigenvalue weighted by Gasteiger charge is -2.29. The maximum Gasteiger partial charge on any atom is 0.255 e. The Hall–Kier alpha value is -2.28. The maximum absolute atomic E-state index is 12.8. The van der Waals surface area contributed by atoms with Crippen molar-refractivity contribution in [3.8, 4) is 0 Å². The zero-order valence-electron chi connectivity index (χ0n) is 15.8. The summed E-state index contributed by atoms with van der Waals surface area (Å²) in [4.78, 5) is 19.0. The molecule has 1 saturated heterocycles. The quantitative estimate of drug-likeness (QED) is 0.758. The number of carbonyl (C=O) groups is 1. The highest BCUT2D eigenvalue weighted by Crippen LogP contribution is 2.36. The predicted octanol–water partition coefficient (Wildman–Crippen LogP) is 2.02. The summed E-state index contributed by atoms with van der Waals surface area (Å²) in [5.41, 5.74) is 1.53.